The Labute approximate surface area is 113 Å². The summed E-state index contributed by atoms with van der Waals surface area (Å²) in [5.41, 5.74) is 5.92. The first-order valence-electron chi connectivity index (χ1n) is 6.76. The van der Waals surface area contributed by atoms with Crippen molar-refractivity contribution in [2.45, 2.75) is 32.2 Å². The monoisotopic (exact) mass is 263 g/mol. The Balaban J connectivity index is 1.95. The van der Waals surface area contributed by atoms with Crippen LogP contribution in [0.15, 0.2) is 23.1 Å². The van der Waals surface area contributed by atoms with Crippen molar-refractivity contribution >= 4 is 11.6 Å². The molecule has 1 fully saturated rings. The molecule has 1 heterocycles. The van der Waals surface area contributed by atoms with Gasteiger partial charge in [-0.3, -0.25) is 9.59 Å². The molecule has 2 rings (SSSR count). The highest BCUT2D eigenvalue weighted by Gasteiger charge is 2.19. The minimum absolute atomic E-state index is 0.0420. The smallest absolute Gasteiger partial charge is 0.251 e. The van der Waals surface area contributed by atoms with Gasteiger partial charge in [-0.05, 0) is 24.8 Å². The summed E-state index contributed by atoms with van der Waals surface area (Å²) in [4.78, 5) is 25.4. The fourth-order valence-corrected chi connectivity index (χ4v) is 2.62. The molecule has 0 unspecified atom stereocenters. The Kier molecular flexibility index (Phi) is 4.24. The number of aromatic nitrogens is 1. The number of likely N-dealkylation sites (N-methyl/N-ethyl adjacent to an activating group) is 1. The lowest BCUT2D eigenvalue weighted by Crippen LogP contribution is -2.36. The van der Waals surface area contributed by atoms with Crippen LogP contribution in [0.4, 0.5) is 5.69 Å². The summed E-state index contributed by atoms with van der Waals surface area (Å²) in [7, 11) is 1.80. The van der Waals surface area contributed by atoms with Crippen LogP contribution < -0.4 is 11.3 Å². The van der Waals surface area contributed by atoms with Gasteiger partial charge in [0, 0.05) is 31.5 Å². The number of pyridine rings is 1. The van der Waals surface area contributed by atoms with E-state index in [4.69, 9.17) is 5.73 Å². The van der Waals surface area contributed by atoms with Crippen LogP contribution in [0.3, 0.4) is 0 Å². The summed E-state index contributed by atoms with van der Waals surface area (Å²) in [6.45, 7) is 0.850. The summed E-state index contributed by atoms with van der Waals surface area (Å²) in [5, 5.41) is 0. The fraction of sp³-hybridized carbons (Fsp3) is 0.571. The fourth-order valence-electron chi connectivity index (χ4n) is 2.62. The second-order valence-corrected chi connectivity index (χ2v) is 5.35. The standard InChI is InChI=1S/C14H21N3O2/c1-16(8-11-4-2-3-5-11)14(19)10-17-9-12(15)6-7-13(17)18/h6-7,9,11H,2-5,8,10,15H2,1H3. The molecule has 1 amide bonds. The van der Waals surface area contributed by atoms with E-state index in [-0.39, 0.29) is 18.0 Å². The van der Waals surface area contributed by atoms with Gasteiger partial charge in [0.25, 0.3) is 5.56 Å². The topological polar surface area (TPSA) is 68.3 Å². The number of anilines is 1. The average molecular weight is 263 g/mol. The zero-order valence-electron chi connectivity index (χ0n) is 11.3. The number of nitrogens with two attached hydrogens (primary N) is 1. The molecule has 0 atom stereocenters. The van der Waals surface area contributed by atoms with Crippen LogP contribution in [0.5, 0.6) is 0 Å². The maximum absolute atomic E-state index is 12.1. The van der Waals surface area contributed by atoms with Crippen LogP contribution >= 0.6 is 0 Å². The van der Waals surface area contributed by atoms with Gasteiger partial charge >= 0.3 is 0 Å². The molecule has 1 saturated carbocycles. The zero-order valence-corrected chi connectivity index (χ0v) is 11.3. The minimum Gasteiger partial charge on any atom is -0.398 e. The van der Waals surface area contributed by atoms with Gasteiger partial charge in [0.2, 0.25) is 5.91 Å². The van der Waals surface area contributed by atoms with Crippen LogP contribution in [-0.2, 0) is 11.3 Å². The maximum atomic E-state index is 12.1. The van der Waals surface area contributed by atoms with Crippen LogP contribution in [0.1, 0.15) is 25.7 Å². The molecule has 1 aromatic heterocycles. The van der Waals surface area contributed by atoms with Crippen molar-refractivity contribution in [3.8, 4) is 0 Å². The summed E-state index contributed by atoms with van der Waals surface area (Å²) in [5.74, 6) is 0.575. The molecule has 0 bridgehead atoms. The normalized spacial score (nSPS) is 15.6. The number of carbonyl (C=O) groups excluding carboxylic acids is 1. The van der Waals surface area contributed by atoms with Gasteiger partial charge in [0.1, 0.15) is 6.54 Å². The predicted molar refractivity (Wildman–Crippen MR) is 74.7 cm³/mol. The molecule has 5 nitrogen and oxygen atoms in total. The summed E-state index contributed by atoms with van der Waals surface area (Å²) in [6, 6.07) is 2.94. The predicted octanol–water partition coefficient (Wildman–Crippen LogP) is 1.08. The molecule has 2 N–H and O–H groups in total. The van der Waals surface area contributed by atoms with Crippen molar-refractivity contribution in [2.75, 3.05) is 19.3 Å². The molecule has 0 spiro atoms. The van der Waals surface area contributed by atoms with Crippen LogP contribution in [-0.4, -0.2) is 29.0 Å². The molecule has 0 radical (unpaired) electrons. The molecule has 19 heavy (non-hydrogen) atoms. The van der Waals surface area contributed by atoms with E-state index in [1.165, 1.54) is 42.5 Å². The molecule has 0 aliphatic heterocycles. The largest absolute Gasteiger partial charge is 0.398 e. The Morgan fingerprint density at radius 1 is 1.42 bits per heavy atom. The van der Waals surface area contributed by atoms with E-state index in [1.54, 1.807) is 18.0 Å². The van der Waals surface area contributed by atoms with Crippen molar-refractivity contribution in [1.29, 1.82) is 0 Å². The number of hydrogen-bond acceptors (Lipinski definition) is 3. The number of nitrogen functional groups attached to an aromatic ring is 1. The number of amides is 1. The highest BCUT2D eigenvalue weighted by atomic mass is 16.2. The first kappa shape index (κ1) is 13.6. The van der Waals surface area contributed by atoms with E-state index in [0.29, 0.717) is 11.6 Å². The lowest BCUT2D eigenvalue weighted by Gasteiger charge is -2.21. The first-order chi connectivity index (χ1) is 9.06. The highest BCUT2D eigenvalue weighted by molar-refractivity contribution is 5.75. The average Bonchev–Trinajstić information content (AvgIpc) is 2.86. The minimum atomic E-state index is -0.197. The molecule has 1 aliphatic carbocycles. The molecule has 1 aliphatic rings. The van der Waals surface area contributed by atoms with E-state index >= 15 is 0 Å². The van der Waals surface area contributed by atoms with Crippen molar-refractivity contribution < 1.29 is 4.79 Å². The Morgan fingerprint density at radius 2 is 2.11 bits per heavy atom. The molecule has 5 heteroatoms. The van der Waals surface area contributed by atoms with Gasteiger partial charge in [0.15, 0.2) is 0 Å². The molecular weight excluding hydrogens is 242 g/mol. The highest BCUT2D eigenvalue weighted by Crippen LogP contribution is 2.25. The van der Waals surface area contributed by atoms with Gasteiger partial charge in [-0.25, -0.2) is 0 Å². The van der Waals surface area contributed by atoms with Crippen LogP contribution in [0.25, 0.3) is 0 Å². The summed E-state index contributed by atoms with van der Waals surface area (Å²) in [6.07, 6.45) is 6.46. The lowest BCUT2D eigenvalue weighted by molar-refractivity contribution is -0.131. The van der Waals surface area contributed by atoms with Gasteiger partial charge in [-0.15, -0.1) is 0 Å². The molecular formula is C14H21N3O2. The molecule has 0 saturated heterocycles. The van der Waals surface area contributed by atoms with E-state index < -0.39 is 0 Å². The van der Waals surface area contributed by atoms with Gasteiger partial charge in [0.05, 0.1) is 0 Å². The van der Waals surface area contributed by atoms with E-state index in [0.717, 1.165) is 6.54 Å². The first-order valence-corrected chi connectivity index (χ1v) is 6.76. The van der Waals surface area contributed by atoms with Gasteiger partial charge in [-0.1, -0.05) is 12.8 Å². The van der Waals surface area contributed by atoms with E-state index in [2.05, 4.69) is 0 Å². The SMILES string of the molecule is CN(CC1CCCC1)C(=O)Cn1cc(N)ccc1=O. The van der Waals surface area contributed by atoms with E-state index in [9.17, 15) is 9.59 Å². The quantitative estimate of drug-likeness (QED) is 0.883. The number of nitrogens with zero attached hydrogens (tertiary/aromatic N) is 2. The molecule has 1 aromatic rings. The number of carbonyl (C=O) groups is 1. The van der Waals surface area contributed by atoms with Gasteiger partial charge < -0.3 is 15.2 Å². The van der Waals surface area contributed by atoms with Gasteiger partial charge in [-0.2, -0.15) is 0 Å². The van der Waals surface area contributed by atoms with Crippen molar-refractivity contribution in [2.24, 2.45) is 5.92 Å². The third-order valence-corrected chi connectivity index (χ3v) is 3.74. The van der Waals surface area contributed by atoms with Crippen molar-refractivity contribution in [3.63, 3.8) is 0 Å². The van der Waals surface area contributed by atoms with Crippen LogP contribution in [0.2, 0.25) is 0 Å². The third-order valence-electron chi connectivity index (χ3n) is 3.74. The second-order valence-electron chi connectivity index (χ2n) is 5.35. The summed E-state index contributed by atoms with van der Waals surface area (Å²) < 4.78 is 1.36. The molecule has 0 aromatic carbocycles. The second kappa shape index (κ2) is 5.91. The molecule has 104 valence electrons. The van der Waals surface area contributed by atoms with Crippen LogP contribution in [0, 0.1) is 5.92 Å². The third kappa shape index (κ3) is 3.59. The lowest BCUT2D eigenvalue weighted by atomic mass is 10.1. The number of rotatable bonds is 4. The van der Waals surface area contributed by atoms with Crippen molar-refractivity contribution in [1.82, 2.24) is 9.47 Å². The number of hydrogen-bond donors (Lipinski definition) is 1. The zero-order chi connectivity index (χ0) is 13.8. The van der Waals surface area contributed by atoms with E-state index in [1.807, 2.05) is 0 Å². The van der Waals surface area contributed by atoms with Crippen molar-refractivity contribution in [3.05, 3.63) is 28.7 Å². The summed E-state index contributed by atoms with van der Waals surface area (Å²) >= 11 is 0. The Hall–Kier alpha value is -1.78. The maximum Gasteiger partial charge on any atom is 0.251 e. The Bertz CT molecular complexity index is 504. The Morgan fingerprint density at radius 3 is 2.79 bits per heavy atom.